The van der Waals surface area contributed by atoms with Crippen molar-refractivity contribution < 1.29 is 27.1 Å². The number of nitrogens with two attached hydrogens (primary N) is 1. The lowest BCUT2D eigenvalue weighted by Gasteiger charge is -2.15. The van der Waals surface area contributed by atoms with E-state index in [1.165, 1.54) is 18.2 Å². The van der Waals surface area contributed by atoms with Gasteiger partial charge in [-0.3, -0.25) is 4.79 Å². The highest BCUT2D eigenvalue weighted by Crippen LogP contribution is 2.24. The van der Waals surface area contributed by atoms with Crippen LogP contribution < -0.4 is 15.8 Å². The van der Waals surface area contributed by atoms with E-state index in [2.05, 4.69) is 15.0 Å². The zero-order chi connectivity index (χ0) is 18.6. The third-order valence-corrected chi connectivity index (χ3v) is 3.23. The Morgan fingerprint density at radius 2 is 2.04 bits per heavy atom. The lowest BCUT2D eigenvalue weighted by Crippen LogP contribution is -2.33. The molecule has 0 atom stereocenters. The Labute approximate surface area is 140 Å². The van der Waals surface area contributed by atoms with Crippen LogP contribution >= 0.6 is 0 Å². The van der Waals surface area contributed by atoms with Crippen LogP contribution in [0.25, 0.3) is 0 Å². The van der Waals surface area contributed by atoms with E-state index >= 15 is 0 Å². The number of aryl methyl sites for hydroxylation is 1. The van der Waals surface area contributed by atoms with Crippen LogP contribution in [-0.4, -0.2) is 29.8 Å². The SMILES string of the molecule is Cc1ccc(N)cc1C(=O)Nc1ccc(OCC(F)(F)C(F)F)nc1. The molecule has 1 heterocycles. The monoisotopic (exact) mass is 357 g/mol. The van der Waals surface area contributed by atoms with Crippen LogP contribution in [0.1, 0.15) is 15.9 Å². The predicted octanol–water partition coefficient (Wildman–Crippen LogP) is 3.50. The van der Waals surface area contributed by atoms with Crippen LogP contribution in [-0.2, 0) is 0 Å². The molecule has 1 aromatic carbocycles. The number of carbonyl (C=O) groups excluding carboxylic acids is 1. The topological polar surface area (TPSA) is 77.2 Å². The Hall–Kier alpha value is -2.84. The summed E-state index contributed by atoms with van der Waals surface area (Å²) in [6.45, 7) is 0.249. The number of ether oxygens (including phenoxy) is 1. The maximum atomic E-state index is 12.8. The minimum absolute atomic E-state index is 0.265. The number of pyridine rings is 1. The summed E-state index contributed by atoms with van der Waals surface area (Å²) in [5.41, 5.74) is 7.44. The van der Waals surface area contributed by atoms with E-state index in [-0.39, 0.29) is 11.6 Å². The Balaban J connectivity index is 2.00. The Kier molecular flexibility index (Phi) is 5.45. The van der Waals surface area contributed by atoms with Gasteiger partial charge in [0.1, 0.15) is 0 Å². The average Bonchev–Trinajstić information content (AvgIpc) is 2.56. The van der Waals surface area contributed by atoms with Gasteiger partial charge < -0.3 is 15.8 Å². The first-order valence-electron chi connectivity index (χ1n) is 7.11. The van der Waals surface area contributed by atoms with E-state index in [0.29, 0.717) is 16.8 Å². The number of benzene rings is 1. The van der Waals surface area contributed by atoms with Crippen molar-refractivity contribution in [2.45, 2.75) is 19.3 Å². The number of anilines is 2. The van der Waals surface area contributed by atoms with E-state index in [1.807, 2.05) is 0 Å². The van der Waals surface area contributed by atoms with Crippen molar-refractivity contribution >= 4 is 17.3 Å². The van der Waals surface area contributed by atoms with Gasteiger partial charge in [-0.2, -0.15) is 8.78 Å². The summed E-state index contributed by atoms with van der Waals surface area (Å²) in [7, 11) is 0. The van der Waals surface area contributed by atoms with Crippen molar-refractivity contribution in [1.82, 2.24) is 4.98 Å². The van der Waals surface area contributed by atoms with Gasteiger partial charge in [-0.15, -0.1) is 0 Å². The molecule has 25 heavy (non-hydrogen) atoms. The lowest BCUT2D eigenvalue weighted by atomic mass is 10.1. The minimum atomic E-state index is -4.26. The van der Waals surface area contributed by atoms with E-state index in [9.17, 15) is 22.4 Å². The number of alkyl halides is 4. The van der Waals surface area contributed by atoms with Gasteiger partial charge in [0.05, 0.1) is 11.9 Å². The molecule has 0 unspecified atom stereocenters. The van der Waals surface area contributed by atoms with Crippen LogP contribution in [0, 0.1) is 6.92 Å². The molecule has 0 spiro atoms. The molecular formula is C16H15F4N3O2. The summed E-state index contributed by atoms with van der Waals surface area (Å²) in [5.74, 6) is -4.96. The molecule has 134 valence electrons. The van der Waals surface area contributed by atoms with Gasteiger partial charge in [0.25, 0.3) is 5.91 Å². The van der Waals surface area contributed by atoms with Crippen molar-refractivity contribution in [2.75, 3.05) is 17.7 Å². The second-order valence-electron chi connectivity index (χ2n) is 5.26. The standard InChI is InChI=1S/C16H15F4N3O2/c1-9-2-3-10(21)6-12(9)14(24)23-11-4-5-13(22-7-11)25-8-16(19,20)15(17)18/h2-7,15H,8,21H2,1H3,(H,23,24). The highest BCUT2D eigenvalue weighted by Gasteiger charge is 2.41. The number of hydrogen-bond acceptors (Lipinski definition) is 4. The van der Waals surface area contributed by atoms with Crippen LogP contribution in [0.15, 0.2) is 36.5 Å². The predicted molar refractivity (Wildman–Crippen MR) is 84.2 cm³/mol. The molecule has 0 fully saturated rings. The number of nitrogens with one attached hydrogen (secondary N) is 1. The third kappa shape index (κ3) is 4.82. The Morgan fingerprint density at radius 1 is 1.32 bits per heavy atom. The highest BCUT2D eigenvalue weighted by atomic mass is 19.3. The smallest absolute Gasteiger partial charge is 0.340 e. The first-order valence-corrected chi connectivity index (χ1v) is 7.11. The van der Waals surface area contributed by atoms with Gasteiger partial charge in [-0.05, 0) is 30.7 Å². The maximum Gasteiger partial charge on any atom is 0.340 e. The summed E-state index contributed by atoms with van der Waals surface area (Å²) >= 11 is 0. The second kappa shape index (κ2) is 7.37. The summed E-state index contributed by atoms with van der Waals surface area (Å²) in [6.07, 6.45) is -2.66. The number of hydrogen-bond donors (Lipinski definition) is 2. The number of rotatable bonds is 6. The minimum Gasteiger partial charge on any atom is -0.471 e. The van der Waals surface area contributed by atoms with Crippen LogP contribution in [0.4, 0.5) is 28.9 Å². The normalized spacial score (nSPS) is 11.4. The molecule has 0 radical (unpaired) electrons. The molecule has 1 amide bonds. The van der Waals surface area contributed by atoms with Crippen LogP contribution in [0.2, 0.25) is 0 Å². The highest BCUT2D eigenvalue weighted by molar-refractivity contribution is 6.05. The number of nitrogen functional groups attached to an aromatic ring is 1. The summed E-state index contributed by atoms with van der Waals surface area (Å²) < 4.78 is 54.2. The number of carbonyl (C=O) groups is 1. The number of nitrogens with zero attached hydrogens (tertiary/aromatic N) is 1. The number of halogens is 4. The van der Waals surface area contributed by atoms with Crippen LogP contribution in [0.3, 0.4) is 0 Å². The molecule has 2 aromatic rings. The van der Waals surface area contributed by atoms with Gasteiger partial charge in [0, 0.05) is 17.3 Å². The quantitative estimate of drug-likeness (QED) is 0.613. The van der Waals surface area contributed by atoms with Gasteiger partial charge in [-0.25, -0.2) is 13.8 Å². The molecule has 0 aliphatic heterocycles. The molecular weight excluding hydrogens is 342 g/mol. The van der Waals surface area contributed by atoms with E-state index in [0.717, 1.165) is 6.20 Å². The maximum absolute atomic E-state index is 12.8. The van der Waals surface area contributed by atoms with Crippen molar-refractivity contribution in [2.24, 2.45) is 0 Å². The largest absolute Gasteiger partial charge is 0.471 e. The first kappa shape index (κ1) is 18.5. The molecule has 0 saturated carbocycles. The lowest BCUT2D eigenvalue weighted by molar-refractivity contribution is -0.148. The van der Waals surface area contributed by atoms with Crippen molar-refractivity contribution in [3.8, 4) is 5.88 Å². The van der Waals surface area contributed by atoms with Crippen molar-refractivity contribution in [1.29, 1.82) is 0 Å². The summed E-state index contributed by atoms with van der Waals surface area (Å²) in [4.78, 5) is 15.9. The third-order valence-electron chi connectivity index (χ3n) is 3.23. The molecule has 2 rings (SSSR count). The fraction of sp³-hybridized carbons (Fsp3) is 0.250. The molecule has 0 aliphatic rings. The first-order chi connectivity index (χ1) is 11.7. The number of amides is 1. The van der Waals surface area contributed by atoms with Crippen molar-refractivity contribution in [3.63, 3.8) is 0 Å². The summed E-state index contributed by atoms with van der Waals surface area (Å²) in [6, 6.07) is 7.41. The molecule has 9 heteroatoms. The molecule has 0 saturated heterocycles. The van der Waals surface area contributed by atoms with E-state index in [1.54, 1.807) is 19.1 Å². The fourth-order valence-electron chi connectivity index (χ4n) is 1.86. The van der Waals surface area contributed by atoms with Crippen LogP contribution in [0.5, 0.6) is 5.88 Å². The molecule has 0 bridgehead atoms. The Morgan fingerprint density at radius 3 is 2.64 bits per heavy atom. The molecule has 3 N–H and O–H groups in total. The molecule has 1 aromatic heterocycles. The fourth-order valence-corrected chi connectivity index (χ4v) is 1.86. The van der Waals surface area contributed by atoms with E-state index in [4.69, 9.17) is 5.73 Å². The van der Waals surface area contributed by atoms with Gasteiger partial charge in [-0.1, -0.05) is 6.07 Å². The van der Waals surface area contributed by atoms with Crippen molar-refractivity contribution in [3.05, 3.63) is 47.7 Å². The second-order valence-corrected chi connectivity index (χ2v) is 5.26. The van der Waals surface area contributed by atoms with Gasteiger partial charge in [0.2, 0.25) is 5.88 Å². The Bertz CT molecular complexity index is 752. The van der Waals surface area contributed by atoms with Gasteiger partial charge >= 0.3 is 12.3 Å². The average molecular weight is 357 g/mol. The van der Waals surface area contributed by atoms with Gasteiger partial charge in [0.15, 0.2) is 6.61 Å². The number of aromatic nitrogens is 1. The van der Waals surface area contributed by atoms with E-state index < -0.39 is 24.9 Å². The summed E-state index contributed by atoms with van der Waals surface area (Å²) in [5, 5.41) is 2.56. The zero-order valence-corrected chi connectivity index (χ0v) is 13.1. The zero-order valence-electron chi connectivity index (χ0n) is 13.1. The molecule has 5 nitrogen and oxygen atoms in total. The molecule has 0 aliphatic carbocycles.